The first-order valence-electron chi connectivity index (χ1n) is 7.86. The summed E-state index contributed by atoms with van der Waals surface area (Å²) in [5, 5.41) is 4.76. The van der Waals surface area contributed by atoms with Gasteiger partial charge < -0.3 is 10.1 Å². The number of hydrogen-bond acceptors (Lipinski definition) is 3. The summed E-state index contributed by atoms with van der Waals surface area (Å²) in [5.74, 6) is 2.22. The van der Waals surface area contributed by atoms with Crippen molar-refractivity contribution < 1.29 is 4.74 Å². The number of rotatable bonds is 5. The Labute approximate surface area is 126 Å². The van der Waals surface area contributed by atoms with Gasteiger partial charge in [0.05, 0.1) is 7.11 Å². The minimum Gasteiger partial charge on any atom is -0.497 e. The van der Waals surface area contributed by atoms with Crippen LogP contribution in [-0.2, 0) is 6.42 Å². The molecule has 0 aromatic heterocycles. The van der Waals surface area contributed by atoms with Gasteiger partial charge in [-0.15, -0.1) is 0 Å². The average molecular weight is 291 g/mol. The van der Waals surface area contributed by atoms with Gasteiger partial charge in [-0.3, -0.25) is 0 Å². The Bertz CT molecular complexity index is 462. The predicted octanol–water partition coefficient (Wildman–Crippen LogP) is 3.95. The van der Waals surface area contributed by atoms with Crippen LogP contribution in [0.5, 0.6) is 5.75 Å². The molecule has 20 heavy (non-hydrogen) atoms. The Morgan fingerprint density at radius 2 is 2.20 bits per heavy atom. The Kier molecular flexibility index (Phi) is 4.57. The van der Waals surface area contributed by atoms with E-state index in [-0.39, 0.29) is 0 Å². The van der Waals surface area contributed by atoms with E-state index in [2.05, 4.69) is 42.2 Å². The van der Waals surface area contributed by atoms with Crippen LogP contribution in [0.4, 0.5) is 0 Å². The fourth-order valence-corrected chi connectivity index (χ4v) is 4.88. The maximum Gasteiger partial charge on any atom is 0.119 e. The molecule has 0 aliphatic heterocycles. The Morgan fingerprint density at radius 1 is 1.30 bits per heavy atom. The first kappa shape index (κ1) is 14.3. The van der Waals surface area contributed by atoms with E-state index < -0.39 is 0 Å². The van der Waals surface area contributed by atoms with Crippen LogP contribution in [0, 0.1) is 0 Å². The summed E-state index contributed by atoms with van der Waals surface area (Å²) in [5.41, 5.74) is 2.97. The highest BCUT2D eigenvalue weighted by Gasteiger charge is 2.31. The molecule has 3 atom stereocenters. The van der Waals surface area contributed by atoms with Crippen molar-refractivity contribution in [2.45, 2.75) is 56.4 Å². The highest BCUT2D eigenvalue weighted by molar-refractivity contribution is 7.99. The molecule has 0 bridgehead atoms. The van der Waals surface area contributed by atoms with E-state index in [9.17, 15) is 0 Å². The van der Waals surface area contributed by atoms with Crippen molar-refractivity contribution in [2.75, 3.05) is 12.9 Å². The van der Waals surface area contributed by atoms with E-state index in [1.807, 2.05) is 0 Å². The van der Waals surface area contributed by atoms with Crippen LogP contribution in [0.3, 0.4) is 0 Å². The zero-order valence-electron chi connectivity index (χ0n) is 12.5. The predicted molar refractivity (Wildman–Crippen MR) is 86.8 cm³/mol. The molecule has 1 fully saturated rings. The lowest BCUT2D eigenvalue weighted by Crippen LogP contribution is -2.36. The number of hydrogen-bond donors (Lipinski definition) is 1. The second-order valence-corrected chi connectivity index (χ2v) is 7.37. The van der Waals surface area contributed by atoms with Gasteiger partial charge in [-0.05, 0) is 54.7 Å². The summed E-state index contributed by atoms with van der Waals surface area (Å²) >= 11 is 2.13. The summed E-state index contributed by atoms with van der Waals surface area (Å²) in [7, 11) is 1.75. The maximum absolute atomic E-state index is 5.39. The van der Waals surface area contributed by atoms with Crippen molar-refractivity contribution in [1.82, 2.24) is 5.32 Å². The van der Waals surface area contributed by atoms with Crippen LogP contribution in [0.1, 0.15) is 49.8 Å². The molecule has 1 saturated carbocycles. The lowest BCUT2D eigenvalue weighted by molar-refractivity contribution is 0.411. The average Bonchev–Trinajstić information content (AvgIpc) is 3.07. The molecule has 1 aromatic carbocycles. The molecule has 0 spiro atoms. The van der Waals surface area contributed by atoms with Gasteiger partial charge in [0.2, 0.25) is 0 Å². The van der Waals surface area contributed by atoms with Gasteiger partial charge in [0.15, 0.2) is 0 Å². The molecule has 0 heterocycles. The molecule has 3 heteroatoms. The van der Waals surface area contributed by atoms with Gasteiger partial charge in [0.25, 0.3) is 0 Å². The van der Waals surface area contributed by atoms with Crippen LogP contribution in [0.15, 0.2) is 18.2 Å². The number of benzene rings is 1. The summed E-state index contributed by atoms with van der Waals surface area (Å²) in [6.07, 6.45) is 6.55. The van der Waals surface area contributed by atoms with Gasteiger partial charge in [0, 0.05) is 17.3 Å². The SMILES string of the molecule is CCSC1CCCC1NC1CCc2ccc(OC)cc21. The molecular weight excluding hydrogens is 266 g/mol. The van der Waals surface area contributed by atoms with E-state index in [1.165, 1.54) is 49.0 Å². The van der Waals surface area contributed by atoms with Crippen molar-refractivity contribution in [1.29, 1.82) is 0 Å². The Hall–Kier alpha value is -0.670. The van der Waals surface area contributed by atoms with Crippen LogP contribution in [0.2, 0.25) is 0 Å². The largest absolute Gasteiger partial charge is 0.497 e. The first-order chi connectivity index (χ1) is 9.81. The van der Waals surface area contributed by atoms with Gasteiger partial charge >= 0.3 is 0 Å². The minimum absolute atomic E-state index is 0.531. The summed E-state index contributed by atoms with van der Waals surface area (Å²) in [6, 6.07) is 7.79. The van der Waals surface area contributed by atoms with Crippen LogP contribution in [0.25, 0.3) is 0 Å². The molecular formula is C17H25NOS. The van der Waals surface area contributed by atoms with E-state index in [4.69, 9.17) is 4.74 Å². The second kappa shape index (κ2) is 6.40. The van der Waals surface area contributed by atoms with Crippen molar-refractivity contribution in [3.8, 4) is 5.75 Å². The summed E-state index contributed by atoms with van der Waals surface area (Å²) in [4.78, 5) is 0. The second-order valence-electron chi connectivity index (χ2n) is 5.85. The molecule has 3 rings (SSSR count). The molecule has 1 aromatic rings. The van der Waals surface area contributed by atoms with Crippen molar-refractivity contribution in [2.24, 2.45) is 0 Å². The highest BCUT2D eigenvalue weighted by Crippen LogP contribution is 2.37. The van der Waals surface area contributed by atoms with Crippen LogP contribution < -0.4 is 10.1 Å². The van der Waals surface area contributed by atoms with Gasteiger partial charge in [-0.1, -0.05) is 19.4 Å². The maximum atomic E-state index is 5.39. The van der Waals surface area contributed by atoms with E-state index >= 15 is 0 Å². The van der Waals surface area contributed by atoms with Crippen LogP contribution >= 0.6 is 11.8 Å². The smallest absolute Gasteiger partial charge is 0.119 e. The van der Waals surface area contributed by atoms with Crippen LogP contribution in [-0.4, -0.2) is 24.2 Å². The molecule has 0 amide bonds. The van der Waals surface area contributed by atoms with E-state index in [1.54, 1.807) is 7.11 Å². The molecule has 2 aliphatic rings. The first-order valence-corrected chi connectivity index (χ1v) is 8.91. The Balaban J connectivity index is 1.71. The molecule has 2 aliphatic carbocycles. The third kappa shape index (κ3) is 2.84. The number of aryl methyl sites for hydroxylation is 1. The number of ether oxygens (including phenoxy) is 1. The monoisotopic (exact) mass is 291 g/mol. The van der Waals surface area contributed by atoms with E-state index in [0.717, 1.165) is 11.0 Å². The molecule has 3 unspecified atom stereocenters. The third-order valence-electron chi connectivity index (χ3n) is 4.68. The molecule has 1 N–H and O–H groups in total. The van der Waals surface area contributed by atoms with E-state index in [0.29, 0.717) is 12.1 Å². The normalized spacial score (nSPS) is 28.6. The Morgan fingerprint density at radius 3 is 3.00 bits per heavy atom. The molecule has 0 saturated heterocycles. The van der Waals surface area contributed by atoms with Gasteiger partial charge in [0.1, 0.15) is 5.75 Å². The van der Waals surface area contributed by atoms with Crippen molar-refractivity contribution in [3.63, 3.8) is 0 Å². The zero-order valence-corrected chi connectivity index (χ0v) is 13.3. The standard InChI is InChI=1S/C17H25NOS/c1-3-20-17-6-4-5-16(17)18-15-10-8-12-7-9-13(19-2)11-14(12)15/h7,9,11,15-18H,3-6,8,10H2,1-2H3. The molecule has 0 radical (unpaired) electrons. The number of methoxy groups -OCH3 is 1. The topological polar surface area (TPSA) is 21.3 Å². The lowest BCUT2D eigenvalue weighted by atomic mass is 10.1. The summed E-state index contributed by atoms with van der Waals surface area (Å²) in [6.45, 7) is 2.27. The fourth-order valence-electron chi connectivity index (χ4n) is 3.67. The van der Waals surface area contributed by atoms with Gasteiger partial charge in [-0.2, -0.15) is 11.8 Å². The zero-order chi connectivity index (χ0) is 13.9. The number of thioether (sulfide) groups is 1. The van der Waals surface area contributed by atoms with Crippen molar-refractivity contribution >= 4 is 11.8 Å². The molecule has 2 nitrogen and oxygen atoms in total. The quantitative estimate of drug-likeness (QED) is 0.887. The third-order valence-corrected chi connectivity index (χ3v) is 6.01. The lowest BCUT2D eigenvalue weighted by Gasteiger charge is -2.25. The highest BCUT2D eigenvalue weighted by atomic mass is 32.2. The van der Waals surface area contributed by atoms with Gasteiger partial charge in [-0.25, -0.2) is 0 Å². The molecule has 110 valence electrons. The fraction of sp³-hybridized carbons (Fsp3) is 0.647. The summed E-state index contributed by atoms with van der Waals surface area (Å²) < 4.78 is 5.39. The minimum atomic E-state index is 0.531. The number of fused-ring (bicyclic) bond motifs is 1. The number of nitrogens with one attached hydrogen (secondary N) is 1. The van der Waals surface area contributed by atoms with Crippen molar-refractivity contribution in [3.05, 3.63) is 29.3 Å².